The number of hydrogen-bond donors (Lipinski definition) is 0. The summed E-state index contributed by atoms with van der Waals surface area (Å²) in [5.41, 5.74) is 6.73. The molecular formula is C28H35NO. The number of rotatable bonds is 2. The molecule has 2 heteroatoms. The molecule has 2 aromatic carbocycles. The van der Waals surface area contributed by atoms with Crippen molar-refractivity contribution in [3.63, 3.8) is 0 Å². The van der Waals surface area contributed by atoms with Crippen LogP contribution in [0.4, 0.5) is 0 Å². The lowest BCUT2D eigenvalue weighted by molar-refractivity contribution is -0.113. The maximum absolute atomic E-state index is 13.2. The van der Waals surface area contributed by atoms with Gasteiger partial charge in [-0.1, -0.05) is 90.1 Å². The first-order valence-corrected chi connectivity index (χ1v) is 10.8. The van der Waals surface area contributed by atoms with Gasteiger partial charge in [0, 0.05) is 24.2 Å². The van der Waals surface area contributed by atoms with Gasteiger partial charge in [-0.2, -0.15) is 0 Å². The third-order valence-electron chi connectivity index (χ3n) is 5.70. The number of ketones is 1. The van der Waals surface area contributed by atoms with Crippen molar-refractivity contribution in [2.75, 3.05) is 20.1 Å². The number of carbonyl (C=O) groups is 1. The molecule has 0 unspecified atom stereocenters. The lowest BCUT2D eigenvalue weighted by Crippen LogP contribution is -2.34. The number of nitrogens with zero attached hydrogens (tertiary/aromatic N) is 1. The standard InChI is InChI=1S/C28H35NO/c1-27(2,3)24-12-8-20(9-13-24)16-22-18-29(7)19-23(26(22)30)17-21-10-14-25(15-11-21)28(4,5)6/h8-17H,18-19H2,1-7H3/b22-16+,23-17+. The second kappa shape index (κ2) is 8.35. The first kappa shape index (κ1) is 22.2. The van der Waals surface area contributed by atoms with Gasteiger partial charge in [0.1, 0.15) is 0 Å². The van der Waals surface area contributed by atoms with Crippen molar-refractivity contribution in [3.8, 4) is 0 Å². The summed E-state index contributed by atoms with van der Waals surface area (Å²) >= 11 is 0. The van der Waals surface area contributed by atoms with Gasteiger partial charge in [-0.15, -0.1) is 0 Å². The highest BCUT2D eigenvalue weighted by Gasteiger charge is 2.24. The fraction of sp³-hybridized carbons (Fsp3) is 0.393. The molecule has 0 aliphatic carbocycles. The van der Waals surface area contributed by atoms with Crippen molar-refractivity contribution in [2.24, 2.45) is 0 Å². The fourth-order valence-electron chi connectivity index (χ4n) is 3.77. The maximum atomic E-state index is 13.2. The molecule has 1 fully saturated rings. The van der Waals surface area contributed by atoms with Crippen LogP contribution >= 0.6 is 0 Å². The molecule has 0 radical (unpaired) electrons. The molecule has 0 bridgehead atoms. The van der Waals surface area contributed by atoms with E-state index in [0.717, 1.165) is 22.3 Å². The largest absolute Gasteiger partial charge is 0.298 e. The molecule has 0 aromatic heterocycles. The zero-order valence-corrected chi connectivity index (χ0v) is 19.5. The molecule has 1 aliphatic heterocycles. The van der Waals surface area contributed by atoms with E-state index in [-0.39, 0.29) is 16.6 Å². The molecule has 0 spiro atoms. The number of hydrogen-bond acceptors (Lipinski definition) is 2. The Kier molecular flexibility index (Phi) is 6.19. The zero-order chi connectivity index (χ0) is 22.1. The van der Waals surface area contributed by atoms with Crippen molar-refractivity contribution < 1.29 is 4.79 Å². The van der Waals surface area contributed by atoms with Crippen LogP contribution in [0.1, 0.15) is 63.8 Å². The van der Waals surface area contributed by atoms with Gasteiger partial charge in [-0.05, 0) is 52.3 Å². The Morgan fingerprint density at radius 1 is 0.667 bits per heavy atom. The van der Waals surface area contributed by atoms with Gasteiger partial charge in [0.25, 0.3) is 0 Å². The first-order valence-electron chi connectivity index (χ1n) is 10.8. The molecule has 2 aromatic rings. The molecule has 1 aliphatic rings. The van der Waals surface area contributed by atoms with E-state index >= 15 is 0 Å². The van der Waals surface area contributed by atoms with Gasteiger partial charge >= 0.3 is 0 Å². The zero-order valence-electron chi connectivity index (χ0n) is 19.5. The summed E-state index contributed by atoms with van der Waals surface area (Å²) in [6, 6.07) is 17.1. The van der Waals surface area contributed by atoms with Gasteiger partial charge in [0.05, 0.1) is 0 Å². The second-order valence-electron chi connectivity index (χ2n) is 10.6. The normalized spacial score (nSPS) is 19.0. The summed E-state index contributed by atoms with van der Waals surface area (Å²) in [4.78, 5) is 15.4. The van der Waals surface area contributed by atoms with Crippen LogP contribution < -0.4 is 0 Å². The molecule has 0 amide bonds. The monoisotopic (exact) mass is 401 g/mol. The Balaban J connectivity index is 1.86. The highest BCUT2D eigenvalue weighted by molar-refractivity contribution is 6.14. The summed E-state index contributed by atoms with van der Waals surface area (Å²) in [7, 11) is 2.07. The first-order chi connectivity index (χ1) is 13.9. The van der Waals surface area contributed by atoms with Crippen LogP contribution in [0.3, 0.4) is 0 Å². The number of benzene rings is 2. The third kappa shape index (κ3) is 5.37. The molecule has 158 valence electrons. The Labute approximate surface area is 182 Å². The van der Waals surface area contributed by atoms with Crippen molar-refractivity contribution >= 4 is 17.9 Å². The minimum absolute atomic E-state index is 0.130. The van der Waals surface area contributed by atoms with Crippen molar-refractivity contribution in [1.82, 2.24) is 4.90 Å². The van der Waals surface area contributed by atoms with E-state index in [0.29, 0.717) is 13.1 Å². The SMILES string of the molecule is CN1C/C(=C\c2ccc(C(C)(C)C)cc2)C(=O)/C(=C/c2ccc(C(C)(C)C)cc2)C1. The molecule has 1 saturated heterocycles. The fourth-order valence-corrected chi connectivity index (χ4v) is 3.77. The predicted molar refractivity (Wildman–Crippen MR) is 129 cm³/mol. The lowest BCUT2D eigenvalue weighted by atomic mass is 9.86. The van der Waals surface area contributed by atoms with E-state index in [2.05, 4.69) is 102 Å². The molecule has 3 rings (SSSR count). The van der Waals surface area contributed by atoms with Crippen molar-refractivity contribution in [3.05, 3.63) is 81.9 Å². The third-order valence-corrected chi connectivity index (χ3v) is 5.70. The molecule has 1 heterocycles. The summed E-state index contributed by atoms with van der Waals surface area (Å²) in [5, 5.41) is 0. The Bertz CT molecular complexity index is 882. The Morgan fingerprint density at radius 3 is 1.30 bits per heavy atom. The van der Waals surface area contributed by atoms with Crippen molar-refractivity contribution in [2.45, 2.75) is 52.4 Å². The number of carbonyl (C=O) groups excluding carboxylic acids is 1. The van der Waals surface area contributed by atoms with Crippen LogP contribution in [0.5, 0.6) is 0 Å². The second-order valence-corrected chi connectivity index (χ2v) is 10.6. The van der Waals surface area contributed by atoms with Crippen molar-refractivity contribution in [1.29, 1.82) is 0 Å². The topological polar surface area (TPSA) is 20.3 Å². The minimum Gasteiger partial charge on any atom is -0.298 e. The quantitative estimate of drug-likeness (QED) is 0.553. The number of Topliss-reactive ketones (excluding diaryl/α,β-unsaturated/α-hetero) is 1. The highest BCUT2D eigenvalue weighted by atomic mass is 16.1. The predicted octanol–water partition coefficient (Wildman–Crippen LogP) is 6.26. The van der Waals surface area contributed by atoms with E-state index in [1.165, 1.54) is 11.1 Å². The molecular weight excluding hydrogens is 366 g/mol. The molecule has 0 atom stereocenters. The highest BCUT2D eigenvalue weighted by Crippen LogP contribution is 2.26. The van der Waals surface area contributed by atoms with E-state index in [1.807, 2.05) is 12.2 Å². The number of piperidine rings is 1. The number of likely N-dealkylation sites (N-methyl/N-ethyl adjacent to an activating group) is 1. The average molecular weight is 402 g/mol. The van der Waals surface area contributed by atoms with E-state index < -0.39 is 0 Å². The summed E-state index contributed by atoms with van der Waals surface area (Å²) in [6.07, 6.45) is 4.09. The minimum atomic E-state index is 0.130. The van der Waals surface area contributed by atoms with Crippen LogP contribution in [0.15, 0.2) is 59.7 Å². The van der Waals surface area contributed by atoms with Gasteiger partial charge in [0.15, 0.2) is 5.78 Å². The van der Waals surface area contributed by atoms with E-state index in [4.69, 9.17) is 0 Å². The van der Waals surface area contributed by atoms with Crippen LogP contribution in [0.25, 0.3) is 12.2 Å². The lowest BCUT2D eigenvalue weighted by Gasteiger charge is -2.26. The maximum Gasteiger partial charge on any atom is 0.187 e. The van der Waals surface area contributed by atoms with E-state index in [9.17, 15) is 4.79 Å². The van der Waals surface area contributed by atoms with Crippen LogP contribution in [0, 0.1) is 0 Å². The van der Waals surface area contributed by atoms with Crippen LogP contribution in [0.2, 0.25) is 0 Å². The van der Waals surface area contributed by atoms with Gasteiger partial charge in [-0.3, -0.25) is 9.69 Å². The van der Waals surface area contributed by atoms with E-state index in [1.54, 1.807) is 0 Å². The summed E-state index contributed by atoms with van der Waals surface area (Å²) in [6.45, 7) is 14.6. The molecule has 30 heavy (non-hydrogen) atoms. The molecule has 0 N–H and O–H groups in total. The molecule has 2 nitrogen and oxygen atoms in total. The Morgan fingerprint density at radius 2 is 1.00 bits per heavy atom. The van der Waals surface area contributed by atoms with Gasteiger partial charge in [0.2, 0.25) is 0 Å². The van der Waals surface area contributed by atoms with Crippen LogP contribution in [-0.2, 0) is 15.6 Å². The summed E-state index contributed by atoms with van der Waals surface area (Å²) < 4.78 is 0. The average Bonchev–Trinajstić information content (AvgIpc) is 2.65. The smallest absolute Gasteiger partial charge is 0.187 e. The molecule has 0 saturated carbocycles. The summed E-state index contributed by atoms with van der Waals surface area (Å²) in [5.74, 6) is 0.160. The van der Waals surface area contributed by atoms with Gasteiger partial charge < -0.3 is 0 Å². The number of likely N-dealkylation sites (tertiary alicyclic amines) is 1. The van der Waals surface area contributed by atoms with Crippen LogP contribution in [-0.4, -0.2) is 30.8 Å². The Hall–Kier alpha value is -2.45. The van der Waals surface area contributed by atoms with Gasteiger partial charge in [-0.25, -0.2) is 0 Å².